The first-order chi connectivity index (χ1) is 12.2. The Morgan fingerprint density at radius 2 is 2.20 bits per heavy atom. The number of fused-ring (bicyclic) bond motifs is 1. The average molecular weight is 418 g/mol. The molecule has 4 rings (SSSR count). The molecule has 0 saturated carbocycles. The van der Waals surface area contributed by atoms with Gasteiger partial charge >= 0.3 is 0 Å². The van der Waals surface area contributed by atoms with Crippen molar-refractivity contribution in [2.75, 3.05) is 12.9 Å². The minimum atomic E-state index is 0.0262. The number of hydrogen-bond donors (Lipinski definition) is 0. The zero-order valence-corrected chi connectivity index (χ0v) is 16.6. The first kappa shape index (κ1) is 16.9. The Morgan fingerprint density at radius 3 is 2.88 bits per heavy atom. The molecule has 130 valence electrons. The molecule has 3 atom stereocenters. The van der Waals surface area contributed by atoms with E-state index in [2.05, 4.69) is 50.9 Å². The first-order valence-corrected chi connectivity index (χ1v) is 10.2. The number of nitrogens with zero attached hydrogens (tertiary/aromatic N) is 3. The number of aliphatic imine (C=N–C) groups is 1. The van der Waals surface area contributed by atoms with Crippen molar-refractivity contribution in [2.45, 2.75) is 31.5 Å². The van der Waals surface area contributed by atoms with Crippen LogP contribution in [0.2, 0.25) is 0 Å². The fraction of sp³-hybridized carbons (Fsp3) is 0.368. The van der Waals surface area contributed by atoms with Gasteiger partial charge in [-0.2, -0.15) is 0 Å². The van der Waals surface area contributed by atoms with E-state index in [4.69, 9.17) is 9.73 Å². The topological polar surface area (TPSA) is 37.7 Å². The van der Waals surface area contributed by atoms with Gasteiger partial charge in [0.2, 0.25) is 0 Å². The largest absolute Gasteiger partial charge is 0.496 e. The Morgan fingerprint density at radius 1 is 1.32 bits per heavy atom. The molecule has 0 aliphatic carbocycles. The van der Waals surface area contributed by atoms with Crippen molar-refractivity contribution in [3.8, 4) is 5.75 Å². The zero-order valence-electron chi connectivity index (χ0n) is 14.2. The lowest BCUT2D eigenvalue weighted by Gasteiger charge is -2.32. The van der Waals surface area contributed by atoms with Crippen molar-refractivity contribution >= 4 is 32.9 Å². The van der Waals surface area contributed by atoms with Crippen LogP contribution in [0.15, 0.2) is 52.1 Å². The second-order valence-electron chi connectivity index (χ2n) is 6.23. The van der Waals surface area contributed by atoms with E-state index in [1.807, 2.05) is 36.2 Å². The zero-order chi connectivity index (χ0) is 17.4. The molecule has 0 bridgehead atoms. The standard InChI is InChI=1S/C19H20BrN3OS/c1-3-13-11-25-19-22-17(15-6-4-5-9-21-15)18(23(13)19)12-7-8-16(24-2)14(20)10-12/h4-10,13,17-18H,3,11H2,1-2H3/t13-,17-,18+/m1/s1. The van der Waals surface area contributed by atoms with E-state index < -0.39 is 0 Å². The second-order valence-corrected chi connectivity index (χ2v) is 8.07. The number of pyridine rings is 1. The quantitative estimate of drug-likeness (QED) is 0.713. The highest BCUT2D eigenvalue weighted by atomic mass is 79.9. The van der Waals surface area contributed by atoms with Crippen molar-refractivity contribution in [1.82, 2.24) is 9.88 Å². The number of amidine groups is 1. The molecule has 4 nitrogen and oxygen atoms in total. The number of thioether (sulfide) groups is 1. The molecule has 0 radical (unpaired) electrons. The number of methoxy groups -OCH3 is 1. The Balaban J connectivity index is 1.79. The summed E-state index contributed by atoms with van der Waals surface area (Å²) in [7, 11) is 1.69. The molecule has 0 N–H and O–H groups in total. The van der Waals surface area contributed by atoms with Crippen LogP contribution in [0, 0.1) is 0 Å². The lowest BCUT2D eigenvalue weighted by molar-refractivity contribution is 0.255. The maximum absolute atomic E-state index is 5.40. The molecular formula is C19H20BrN3OS. The highest BCUT2D eigenvalue weighted by Crippen LogP contribution is 2.49. The fourth-order valence-corrected chi connectivity index (χ4v) is 5.47. The third kappa shape index (κ3) is 2.95. The van der Waals surface area contributed by atoms with E-state index in [1.165, 1.54) is 5.56 Å². The van der Waals surface area contributed by atoms with Crippen LogP contribution in [0.4, 0.5) is 0 Å². The van der Waals surface area contributed by atoms with Gasteiger partial charge in [0.05, 0.1) is 23.3 Å². The molecule has 1 aromatic carbocycles. The molecule has 1 aromatic heterocycles. The molecule has 1 fully saturated rings. The minimum absolute atomic E-state index is 0.0262. The van der Waals surface area contributed by atoms with Crippen molar-refractivity contribution in [3.05, 3.63) is 58.3 Å². The smallest absolute Gasteiger partial charge is 0.160 e. The lowest BCUT2D eigenvalue weighted by Crippen LogP contribution is -2.35. The van der Waals surface area contributed by atoms with Crippen LogP contribution in [0.5, 0.6) is 5.75 Å². The summed E-state index contributed by atoms with van der Waals surface area (Å²) in [4.78, 5) is 12.1. The molecule has 0 spiro atoms. The molecule has 0 unspecified atom stereocenters. The Hall–Kier alpha value is -1.53. The summed E-state index contributed by atoms with van der Waals surface area (Å²) in [6, 6.07) is 13.1. The molecule has 0 amide bonds. The number of rotatable bonds is 4. The number of benzene rings is 1. The molecule has 2 aromatic rings. The molecule has 2 aliphatic heterocycles. The maximum atomic E-state index is 5.40. The van der Waals surface area contributed by atoms with Crippen LogP contribution < -0.4 is 4.74 Å². The van der Waals surface area contributed by atoms with E-state index in [-0.39, 0.29) is 12.1 Å². The Labute approximate surface area is 160 Å². The Kier molecular flexibility index (Phi) is 4.73. The van der Waals surface area contributed by atoms with Gasteiger partial charge < -0.3 is 9.64 Å². The van der Waals surface area contributed by atoms with Crippen LogP contribution in [0.1, 0.15) is 36.7 Å². The molecule has 2 aliphatic rings. The monoisotopic (exact) mass is 417 g/mol. The first-order valence-electron chi connectivity index (χ1n) is 8.46. The third-order valence-electron chi connectivity index (χ3n) is 4.85. The summed E-state index contributed by atoms with van der Waals surface area (Å²) in [6.07, 6.45) is 2.97. The van der Waals surface area contributed by atoms with Crippen LogP contribution in [0.25, 0.3) is 0 Å². The number of halogens is 1. The van der Waals surface area contributed by atoms with Gasteiger partial charge in [-0.1, -0.05) is 30.8 Å². The lowest BCUT2D eigenvalue weighted by atomic mass is 9.95. The fourth-order valence-electron chi connectivity index (χ4n) is 3.58. The van der Waals surface area contributed by atoms with Gasteiger partial charge in [-0.15, -0.1) is 0 Å². The summed E-state index contributed by atoms with van der Waals surface area (Å²) in [5.74, 6) is 1.96. The summed E-state index contributed by atoms with van der Waals surface area (Å²) in [5.41, 5.74) is 2.26. The summed E-state index contributed by atoms with van der Waals surface area (Å²) < 4.78 is 6.37. The van der Waals surface area contributed by atoms with Gasteiger partial charge in [-0.25, -0.2) is 0 Å². The van der Waals surface area contributed by atoms with E-state index in [9.17, 15) is 0 Å². The van der Waals surface area contributed by atoms with Crippen molar-refractivity contribution in [1.29, 1.82) is 0 Å². The summed E-state index contributed by atoms with van der Waals surface area (Å²) >= 11 is 5.50. The molecule has 1 saturated heterocycles. The average Bonchev–Trinajstić information content (AvgIpc) is 3.21. The Bertz CT molecular complexity index is 799. The normalized spacial score (nSPS) is 25.0. The molecule has 3 heterocycles. The van der Waals surface area contributed by atoms with Gasteiger partial charge in [-0.05, 0) is 52.2 Å². The van der Waals surface area contributed by atoms with Crippen molar-refractivity contribution in [3.63, 3.8) is 0 Å². The van der Waals surface area contributed by atoms with Crippen LogP contribution in [-0.4, -0.2) is 34.0 Å². The van der Waals surface area contributed by atoms with E-state index in [0.717, 1.165) is 33.3 Å². The maximum Gasteiger partial charge on any atom is 0.160 e. The van der Waals surface area contributed by atoms with E-state index >= 15 is 0 Å². The molecule has 6 heteroatoms. The number of hydrogen-bond acceptors (Lipinski definition) is 5. The summed E-state index contributed by atoms with van der Waals surface area (Å²) in [6.45, 7) is 2.25. The van der Waals surface area contributed by atoms with Crippen molar-refractivity contribution < 1.29 is 4.74 Å². The summed E-state index contributed by atoms with van der Waals surface area (Å²) in [5, 5.41) is 1.15. The van der Waals surface area contributed by atoms with Crippen LogP contribution >= 0.6 is 27.7 Å². The van der Waals surface area contributed by atoms with Crippen LogP contribution in [-0.2, 0) is 0 Å². The predicted octanol–water partition coefficient (Wildman–Crippen LogP) is 4.83. The van der Waals surface area contributed by atoms with Gasteiger partial charge in [0.1, 0.15) is 11.8 Å². The van der Waals surface area contributed by atoms with E-state index in [0.29, 0.717) is 6.04 Å². The SMILES string of the molecule is CC[C@@H]1CSC2=N[C@H](c3ccccn3)[C@H](c3ccc(OC)c(Br)c3)N21. The second kappa shape index (κ2) is 7.00. The van der Waals surface area contributed by atoms with Gasteiger partial charge in [0.25, 0.3) is 0 Å². The molecule has 25 heavy (non-hydrogen) atoms. The van der Waals surface area contributed by atoms with E-state index in [1.54, 1.807) is 7.11 Å². The highest BCUT2D eigenvalue weighted by Gasteiger charge is 2.45. The minimum Gasteiger partial charge on any atom is -0.496 e. The van der Waals surface area contributed by atoms with Gasteiger partial charge in [0.15, 0.2) is 5.17 Å². The van der Waals surface area contributed by atoms with Crippen LogP contribution in [0.3, 0.4) is 0 Å². The van der Waals surface area contributed by atoms with Gasteiger partial charge in [0, 0.05) is 18.0 Å². The van der Waals surface area contributed by atoms with Gasteiger partial charge in [-0.3, -0.25) is 9.98 Å². The number of aromatic nitrogens is 1. The third-order valence-corrected chi connectivity index (χ3v) is 6.59. The predicted molar refractivity (Wildman–Crippen MR) is 106 cm³/mol. The highest BCUT2D eigenvalue weighted by molar-refractivity contribution is 9.10. The van der Waals surface area contributed by atoms with Crippen molar-refractivity contribution in [2.24, 2.45) is 4.99 Å². The number of ether oxygens (including phenoxy) is 1. The molecular weight excluding hydrogens is 398 g/mol.